The number of aryl methyl sites for hydroxylation is 1. The van der Waals surface area contributed by atoms with Crippen LogP contribution in [0.5, 0.6) is 0 Å². The van der Waals surface area contributed by atoms with Gasteiger partial charge < -0.3 is 10.3 Å². The maximum absolute atomic E-state index is 12.0. The number of hydrogen-bond donors (Lipinski definition) is 2. The lowest BCUT2D eigenvalue weighted by Gasteiger charge is -2.05. The van der Waals surface area contributed by atoms with Crippen LogP contribution < -0.4 is 16.6 Å². The molecule has 1 heterocycles. The third kappa shape index (κ3) is 1.65. The van der Waals surface area contributed by atoms with Gasteiger partial charge in [-0.05, 0) is 26.1 Å². The maximum Gasteiger partial charge on any atom is 0.329 e. The summed E-state index contributed by atoms with van der Waals surface area (Å²) in [5.41, 5.74) is 0.910. The van der Waals surface area contributed by atoms with Crippen LogP contribution in [0.15, 0.2) is 27.8 Å². The SMILES string of the molecule is CNCn1c(=O)[nH]c2ccc(C)cc2c1=O. The van der Waals surface area contributed by atoms with E-state index in [-0.39, 0.29) is 12.2 Å². The van der Waals surface area contributed by atoms with E-state index in [0.717, 1.165) is 10.1 Å². The molecule has 0 spiro atoms. The van der Waals surface area contributed by atoms with Gasteiger partial charge in [-0.1, -0.05) is 11.6 Å². The minimum Gasteiger partial charge on any atom is -0.307 e. The lowest BCUT2D eigenvalue weighted by atomic mass is 10.2. The molecule has 0 amide bonds. The van der Waals surface area contributed by atoms with E-state index in [1.165, 1.54) is 0 Å². The summed E-state index contributed by atoms with van der Waals surface area (Å²) < 4.78 is 1.14. The van der Waals surface area contributed by atoms with Gasteiger partial charge in [0, 0.05) is 0 Å². The standard InChI is InChI=1S/C11H13N3O2/c1-7-3-4-9-8(5-7)10(15)14(6-12-2)11(16)13-9/h3-5,12H,6H2,1-2H3,(H,13,16). The average Bonchev–Trinajstić information content (AvgIpc) is 2.26. The zero-order valence-corrected chi connectivity index (χ0v) is 9.20. The summed E-state index contributed by atoms with van der Waals surface area (Å²) in [4.78, 5) is 26.3. The van der Waals surface area contributed by atoms with Gasteiger partial charge in [0.25, 0.3) is 5.56 Å². The molecular weight excluding hydrogens is 206 g/mol. The molecule has 0 aliphatic heterocycles. The second-order valence-electron chi connectivity index (χ2n) is 3.72. The van der Waals surface area contributed by atoms with Crippen LogP contribution in [-0.2, 0) is 6.67 Å². The molecule has 0 radical (unpaired) electrons. The van der Waals surface area contributed by atoms with Gasteiger partial charge in [0.15, 0.2) is 0 Å². The van der Waals surface area contributed by atoms with Crippen molar-refractivity contribution < 1.29 is 0 Å². The molecule has 0 saturated heterocycles. The first kappa shape index (κ1) is 10.6. The van der Waals surface area contributed by atoms with Crippen molar-refractivity contribution in [3.05, 3.63) is 44.6 Å². The number of fused-ring (bicyclic) bond motifs is 1. The molecule has 0 aliphatic rings. The summed E-state index contributed by atoms with van der Waals surface area (Å²) >= 11 is 0. The van der Waals surface area contributed by atoms with Gasteiger partial charge in [-0.15, -0.1) is 0 Å². The third-order valence-electron chi connectivity index (χ3n) is 2.45. The molecule has 0 aliphatic carbocycles. The number of aromatic nitrogens is 2. The van der Waals surface area contributed by atoms with Crippen LogP contribution in [0.25, 0.3) is 10.9 Å². The van der Waals surface area contributed by atoms with Crippen molar-refractivity contribution in [3.8, 4) is 0 Å². The van der Waals surface area contributed by atoms with Crippen LogP contribution in [0.3, 0.4) is 0 Å². The highest BCUT2D eigenvalue weighted by Crippen LogP contribution is 2.07. The molecule has 0 unspecified atom stereocenters. The predicted molar refractivity (Wildman–Crippen MR) is 62.6 cm³/mol. The molecule has 2 aromatic rings. The van der Waals surface area contributed by atoms with Crippen molar-refractivity contribution in [1.29, 1.82) is 0 Å². The molecule has 84 valence electrons. The Bertz CT molecular complexity index is 640. The van der Waals surface area contributed by atoms with E-state index in [9.17, 15) is 9.59 Å². The normalized spacial score (nSPS) is 10.9. The number of nitrogens with zero attached hydrogens (tertiary/aromatic N) is 1. The number of benzene rings is 1. The van der Waals surface area contributed by atoms with E-state index >= 15 is 0 Å². The van der Waals surface area contributed by atoms with E-state index in [4.69, 9.17) is 0 Å². The Balaban J connectivity index is 2.85. The second kappa shape index (κ2) is 3.94. The van der Waals surface area contributed by atoms with Crippen molar-refractivity contribution in [1.82, 2.24) is 14.9 Å². The maximum atomic E-state index is 12.0. The zero-order chi connectivity index (χ0) is 11.7. The Morgan fingerprint density at radius 3 is 2.81 bits per heavy atom. The van der Waals surface area contributed by atoms with Gasteiger partial charge in [0.2, 0.25) is 0 Å². The molecule has 2 rings (SSSR count). The summed E-state index contributed by atoms with van der Waals surface area (Å²) in [5.74, 6) is 0. The Kier molecular flexibility index (Phi) is 2.62. The Morgan fingerprint density at radius 2 is 2.12 bits per heavy atom. The van der Waals surface area contributed by atoms with E-state index in [1.807, 2.05) is 13.0 Å². The van der Waals surface area contributed by atoms with E-state index < -0.39 is 5.69 Å². The Labute approximate surface area is 91.7 Å². The Hall–Kier alpha value is -1.88. The molecule has 0 atom stereocenters. The lowest BCUT2D eigenvalue weighted by molar-refractivity contribution is 0.573. The lowest BCUT2D eigenvalue weighted by Crippen LogP contribution is -2.38. The van der Waals surface area contributed by atoms with Crippen molar-refractivity contribution in [2.75, 3.05) is 7.05 Å². The summed E-state index contributed by atoms with van der Waals surface area (Å²) in [6, 6.07) is 5.39. The van der Waals surface area contributed by atoms with Gasteiger partial charge >= 0.3 is 5.69 Å². The van der Waals surface area contributed by atoms with Gasteiger partial charge in [-0.2, -0.15) is 0 Å². The number of aromatic amines is 1. The van der Waals surface area contributed by atoms with Gasteiger partial charge in [0.1, 0.15) is 0 Å². The van der Waals surface area contributed by atoms with E-state index in [2.05, 4.69) is 10.3 Å². The number of nitrogens with one attached hydrogen (secondary N) is 2. The van der Waals surface area contributed by atoms with Crippen molar-refractivity contribution in [2.24, 2.45) is 0 Å². The highest BCUT2D eigenvalue weighted by Gasteiger charge is 2.06. The molecule has 16 heavy (non-hydrogen) atoms. The summed E-state index contributed by atoms with van der Waals surface area (Å²) in [6.45, 7) is 2.12. The van der Waals surface area contributed by atoms with Crippen LogP contribution in [0.1, 0.15) is 5.56 Å². The molecule has 0 fully saturated rings. The minimum atomic E-state index is -0.393. The van der Waals surface area contributed by atoms with Crippen LogP contribution in [0, 0.1) is 6.92 Å². The monoisotopic (exact) mass is 219 g/mol. The first-order chi connectivity index (χ1) is 7.63. The van der Waals surface area contributed by atoms with E-state index in [0.29, 0.717) is 10.9 Å². The van der Waals surface area contributed by atoms with Crippen LogP contribution in [0.4, 0.5) is 0 Å². The van der Waals surface area contributed by atoms with Crippen LogP contribution in [0.2, 0.25) is 0 Å². The highest BCUT2D eigenvalue weighted by atomic mass is 16.2. The molecule has 0 bridgehead atoms. The smallest absolute Gasteiger partial charge is 0.307 e. The summed E-state index contributed by atoms with van der Waals surface area (Å²) in [5, 5.41) is 3.32. The summed E-state index contributed by atoms with van der Waals surface area (Å²) in [6.07, 6.45) is 0. The van der Waals surface area contributed by atoms with Crippen molar-refractivity contribution in [2.45, 2.75) is 13.6 Å². The topological polar surface area (TPSA) is 66.9 Å². The van der Waals surface area contributed by atoms with Crippen molar-refractivity contribution in [3.63, 3.8) is 0 Å². The average molecular weight is 219 g/mol. The first-order valence-electron chi connectivity index (χ1n) is 5.01. The fraction of sp³-hybridized carbons (Fsp3) is 0.273. The van der Waals surface area contributed by atoms with E-state index in [1.54, 1.807) is 19.2 Å². The molecule has 5 nitrogen and oxygen atoms in total. The molecular formula is C11H13N3O2. The van der Waals surface area contributed by atoms with Crippen molar-refractivity contribution >= 4 is 10.9 Å². The van der Waals surface area contributed by atoms with Crippen LogP contribution >= 0.6 is 0 Å². The fourth-order valence-corrected chi connectivity index (χ4v) is 1.67. The van der Waals surface area contributed by atoms with Crippen LogP contribution in [-0.4, -0.2) is 16.6 Å². The molecule has 2 N–H and O–H groups in total. The zero-order valence-electron chi connectivity index (χ0n) is 9.20. The molecule has 1 aromatic heterocycles. The predicted octanol–water partition coefficient (Wildman–Crippen LogP) is 0.175. The first-order valence-corrected chi connectivity index (χ1v) is 5.01. The minimum absolute atomic E-state index is 0.206. The molecule has 5 heteroatoms. The second-order valence-corrected chi connectivity index (χ2v) is 3.72. The summed E-state index contributed by atoms with van der Waals surface area (Å²) in [7, 11) is 1.69. The number of H-pyrrole nitrogens is 1. The Morgan fingerprint density at radius 1 is 1.38 bits per heavy atom. The quantitative estimate of drug-likeness (QED) is 0.757. The number of hydrogen-bond acceptors (Lipinski definition) is 3. The van der Waals surface area contributed by atoms with Gasteiger partial charge in [-0.25, -0.2) is 9.36 Å². The largest absolute Gasteiger partial charge is 0.329 e. The molecule has 1 aromatic carbocycles. The molecule has 0 saturated carbocycles. The fourth-order valence-electron chi connectivity index (χ4n) is 1.67. The van der Waals surface area contributed by atoms with Gasteiger partial charge in [0.05, 0.1) is 17.6 Å². The highest BCUT2D eigenvalue weighted by molar-refractivity contribution is 5.77. The third-order valence-corrected chi connectivity index (χ3v) is 2.45. The number of rotatable bonds is 2. The van der Waals surface area contributed by atoms with Gasteiger partial charge in [-0.3, -0.25) is 4.79 Å².